The summed E-state index contributed by atoms with van der Waals surface area (Å²) in [6.07, 6.45) is 7.40. The molecule has 1 aromatic heterocycles. The summed E-state index contributed by atoms with van der Waals surface area (Å²) in [5.41, 5.74) is 8.53. The molecule has 150 valence electrons. The predicted octanol–water partition coefficient (Wildman–Crippen LogP) is 6.72. The summed E-state index contributed by atoms with van der Waals surface area (Å²) in [5.74, 6) is 1.29. The summed E-state index contributed by atoms with van der Waals surface area (Å²) in [6.45, 7) is 2.79. The zero-order chi connectivity index (χ0) is 20.5. The van der Waals surface area contributed by atoms with Crippen molar-refractivity contribution >= 4 is 16.6 Å². The Morgan fingerprint density at radius 3 is 2.40 bits per heavy atom. The molecule has 3 aromatic carbocycles. The van der Waals surface area contributed by atoms with E-state index in [9.17, 15) is 5.11 Å². The molecule has 0 saturated heterocycles. The molecular weight excluding hydrogens is 368 g/mol. The van der Waals surface area contributed by atoms with Gasteiger partial charge < -0.3 is 9.67 Å². The Morgan fingerprint density at radius 1 is 0.900 bits per heavy atom. The average Bonchev–Trinajstić information content (AvgIpc) is 3.11. The van der Waals surface area contributed by atoms with Crippen LogP contribution >= 0.6 is 0 Å². The fraction of sp³-hybridized carbons (Fsp3) is 0.222. The SMILES string of the molecule is Cc1nc2c(-c3ccc(C4=CCCCC4)cc3)cccc2n1Cc1ccc(O)cc1. The Balaban J connectivity index is 1.51. The maximum atomic E-state index is 9.55. The molecule has 0 fully saturated rings. The molecule has 0 atom stereocenters. The van der Waals surface area contributed by atoms with E-state index in [0.717, 1.165) is 29.0 Å². The number of nitrogens with zero attached hydrogens (tertiary/aromatic N) is 2. The van der Waals surface area contributed by atoms with Crippen molar-refractivity contribution in [2.75, 3.05) is 0 Å². The van der Waals surface area contributed by atoms with E-state index in [2.05, 4.69) is 60.0 Å². The van der Waals surface area contributed by atoms with Crippen LogP contribution in [0, 0.1) is 6.92 Å². The Kier molecular flexibility index (Phi) is 4.88. The summed E-state index contributed by atoms with van der Waals surface area (Å²) in [5, 5.41) is 9.55. The van der Waals surface area contributed by atoms with Gasteiger partial charge in [-0.1, -0.05) is 54.6 Å². The Hall–Kier alpha value is -3.33. The summed E-state index contributed by atoms with van der Waals surface area (Å²) in [7, 11) is 0. The Bertz CT molecular complexity index is 1210. The van der Waals surface area contributed by atoms with Gasteiger partial charge in [-0.2, -0.15) is 0 Å². The van der Waals surface area contributed by atoms with E-state index in [1.165, 1.54) is 47.9 Å². The van der Waals surface area contributed by atoms with Gasteiger partial charge in [0.25, 0.3) is 0 Å². The molecule has 1 aliphatic carbocycles. The summed E-state index contributed by atoms with van der Waals surface area (Å²) in [4.78, 5) is 4.92. The maximum Gasteiger partial charge on any atom is 0.115 e. The quantitative estimate of drug-likeness (QED) is 0.417. The molecule has 0 radical (unpaired) electrons. The smallest absolute Gasteiger partial charge is 0.115 e. The van der Waals surface area contributed by atoms with Gasteiger partial charge >= 0.3 is 0 Å². The van der Waals surface area contributed by atoms with Crippen molar-refractivity contribution in [1.82, 2.24) is 9.55 Å². The molecule has 0 amide bonds. The molecule has 3 nitrogen and oxygen atoms in total. The van der Waals surface area contributed by atoms with Crippen LogP contribution in [0.2, 0.25) is 0 Å². The van der Waals surface area contributed by atoms with Gasteiger partial charge in [0.05, 0.1) is 11.0 Å². The van der Waals surface area contributed by atoms with E-state index >= 15 is 0 Å². The second-order valence-corrected chi connectivity index (χ2v) is 8.14. The molecule has 4 aromatic rings. The number of para-hydroxylation sites is 1. The largest absolute Gasteiger partial charge is 0.508 e. The number of aromatic hydroxyl groups is 1. The van der Waals surface area contributed by atoms with Crippen LogP contribution in [-0.4, -0.2) is 14.7 Å². The van der Waals surface area contributed by atoms with Gasteiger partial charge in [0.15, 0.2) is 0 Å². The second-order valence-electron chi connectivity index (χ2n) is 8.14. The van der Waals surface area contributed by atoms with Crippen molar-refractivity contribution in [3.8, 4) is 16.9 Å². The fourth-order valence-corrected chi connectivity index (χ4v) is 4.44. The summed E-state index contributed by atoms with van der Waals surface area (Å²) < 4.78 is 2.24. The number of hydrogen-bond acceptors (Lipinski definition) is 2. The number of allylic oxidation sites excluding steroid dienone is 2. The molecule has 1 N–H and O–H groups in total. The van der Waals surface area contributed by atoms with E-state index in [4.69, 9.17) is 4.98 Å². The van der Waals surface area contributed by atoms with Crippen LogP contribution in [-0.2, 0) is 6.54 Å². The van der Waals surface area contributed by atoms with Crippen LogP contribution in [0.15, 0.2) is 72.8 Å². The number of imidazole rings is 1. The Labute approximate surface area is 177 Å². The number of fused-ring (bicyclic) bond motifs is 1. The summed E-state index contributed by atoms with van der Waals surface area (Å²) in [6, 6.07) is 22.8. The standard InChI is InChI=1S/C27H26N2O/c1-19-28-27-25(23-14-12-22(13-15-23)21-6-3-2-4-7-21)8-5-9-26(27)29(19)18-20-10-16-24(30)17-11-20/h5-6,8-17,30H,2-4,7,18H2,1H3. The normalized spacial score (nSPS) is 14.1. The number of aryl methyl sites for hydroxylation is 1. The van der Waals surface area contributed by atoms with Gasteiger partial charge in [-0.25, -0.2) is 4.98 Å². The molecule has 3 heteroatoms. The topological polar surface area (TPSA) is 38.0 Å². The van der Waals surface area contributed by atoms with Gasteiger partial charge in [0.1, 0.15) is 11.6 Å². The first-order valence-electron chi connectivity index (χ1n) is 10.7. The predicted molar refractivity (Wildman–Crippen MR) is 124 cm³/mol. The minimum Gasteiger partial charge on any atom is -0.508 e. The zero-order valence-corrected chi connectivity index (χ0v) is 17.3. The van der Waals surface area contributed by atoms with Crippen molar-refractivity contribution in [3.63, 3.8) is 0 Å². The van der Waals surface area contributed by atoms with Crippen LogP contribution in [0.3, 0.4) is 0 Å². The minimum atomic E-state index is 0.292. The number of aromatic nitrogens is 2. The van der Waals surface area contributed by atoms with E-state index in [1.54, 1.807) is 12.1 Å². The van der Waals surface area contributed by atoms with Gasteiger partial charge in [-0.3, -0.25) is 0 Å². The molecule has 1 aliphatic rings. The molecule has 0 saturated carbocycles. The van der Waals surface area contributed by atoms with Gasteiger partial charge in [0.2, 0.25) is 0 Å². The van der Waals surface area contributed by atoms with Crippen LogP contribution in [0.4, 0.5) is 0 Å². The maximum absolute atomic E-state index is 9.55. The highest BCUT2D eigenvalue weighted by Gasteiger charge is 2.13. The lowest BCUT2D eigenvalue weighted by molar-refractivity contribution is 0.475. The van der Waals surface area contributed by atoms with Crippen LogP contribution in [0.1, 0.15) is 42.6 Å². The van der Waals surface area contributed by atoms with Gasteiger partial charge in [-0.05, 0) is 73.1 Å². The monoisotopic (exact) mass is 394 g/mol. The molecule has 5 rings (SSSR count). The molecule has 0 unspecified atom stereocenters. The van der Waals surface area contributed by atoms with Gasteiger partial charge in [-0.15, -0.1) is 0 Å². The highest BCUT2D eigenvalue weighted by atomic mass is 16.3. The first-order valence-corrected chi connectivity index (χ1v) is 10.7. The summed E-state index contributed by atoms with van der Waals surface area (Å²) >= 11 is 0. The lowest BCUT2D eigenvalue weighted by Gasteiger charge is -2.13. The third-order valence-corrected chi connectivity index (χ3v) is 6.10. The number of rotatable bonds is 4. The van der Waals surface area contributed by atoms with Gasteiger partial charge in [0, 0.05) is 12.1 Å². The lowest BCUT2D eigenvalue weighted by atomic mass is 9.92. The molecule has 0 aliphatic heterocycles. The van der Waals surface area contributed by atoms with Crippen LogP contribution < -0.4 is 0 Å². The Morgan fingerprint density at radius 2 is 1.67 bits per heavy atom. The zero-order valence-electron chi connectivity index (χ0n) is 17.3. The second kappa shape index (κ2) is 7.83. The fourth-order valence-electron chi connectivity index (χ4n) is 4.44. The highest BCUT2D eigenvalue weighted by Crippen LogP contribution is 2.32. The molecule has 0 spiro atoms. The van der Waals surface area contributed by atoms with Crippen molar-refractivity contribution in [1.29, 1.82) is 0 Å². The lowest BCUT2D eigenvalue weighted by Crippen LogP contribution is -2.01. The number of hydrogen-bond donors (Lipinski definition) is 1. The minimum absolute atomic E-state index is 0.292. The van der Waals surface area contributed by atoms with E-state index in [-0.39, 0.29) is 0 Å². The van der Waals surface area contributed by atoms with Crippen LogP contribution in [0.5, 0.6) is 5.75 Å². The van der Waals surface area contributed by atoms with Crippen molar-refractivity contribution in [3.05, 3.63) is 89.8 Å². The first-order chi connectivity index (χ1) is 14.7. The van der Waals surface area contributed by atoms with E-state index in [0.29, 0.717) is 5.75 Å². The third kappa shape index (κ3) is 3.52. The average molecular weight is 395 g/mol. The molecule has 1 heterocycles. The van der Waals surface area contributed by atoms with Crippen molar-refractivity contribution in [2.45, 2.75) is 39.2 Å². The highest BCUT2D eigenvalue weighted by molar-refractivity contribution is 5.92. The number of phenolic OH excluding ortho intramolecular Hbond substituents is 1. The molecular formula is C27H26N2O. The van der Waals surface area contributed by atoms with Crippen LogP contribution in [0.25, 0.3) is 27.7 Å². The molecule has 30 heavy (non-hydrogen) atoms. The molecule has 0 bridgehead atoms. The number of benzene rings is 3. The van der Waals surface area contributed by atoms with E-state index in [1.807, 2.05) is 12.1 Å². The third-order valence-electron chi connectivity index (χ3n) is 6.10. The first kappa shape index (κ1) is 18.7. The van der Waals surface area contributed by atoms with Crippen molar-refractivity contribution in [2.24, 2.45) is 0 Å². The van der Waals surface area contributed by atoms with E-state index < -0.39 is 0 Å². The number of phenols is 1. The van der Waals surface area contributed by atoms with Crippen molar-refractivity contribution < 1.29 is 5.11 Å².